The third-order valence-corrected chi connectivity index (χ3v) is 12.2. The molecule has 4 saturated carbocycles. The summed E-state index contributed by atoms with van der Waals surface area (Å²) in [6.07, 6.45) is 10.8. The minimum absolute atomic E-state index is 0.0558. The highest BCUT2D eigenvalue weighted by atomic mass is 16.5. The SMILES string of the molecule is CC[C@H](C)[C@H](N)C(=O)N[C@H](C(=O)O[C@@H]1CC[C@@]2(C)[C@@H](CC[C@@H]3[C@@H]2CC[C@]2(C)[C@@H](C(C)=O)CC[C@@H]32)C1)C(C)C. The number of ketones is 1. The highest BCUT2D eigenvalue weighted by Gasteiger charge is 2.61. The number of hydrogen-bond donors (Lipinski definition) is 2. The van der Waals surface area contributed by atoms with E-state index in [2.05, 4.69) is 19.2 Å². The van der Waals surface area contributed by atoms with Crippen LogP contribution in [0.3, 0.4) is 0 Å². The number of amides is 1. The molecule has 0 bridgehead atoms. The van der Waals surface area contributed by atoms with Crippen molar-refractivity contribution in [1.82, 2.24) is 5.32 Å². The Morgan fingerprint density at radius 1 is 0.947 bits per heavy atom. The van der Waals surface area contributed by atoms with Gasteiger partial charge in [-0.25, -0.2) is 4.79 Å². The second kappa shape index (κ2) is 11.2. The van der Waals surface area contributed by atoms with Crippen LogP contribution in [0.1, 0.15) is 113 Å². The lowest BCUT2D eigenvalue weighted by molar-refractivity contribution is -0.166. The lowest BCUT2D eigenvalue weighted by atomic mass is 9.44. The summed E-state index contributed by atoms with van der Waals surface area (Å²) in [7, 11) is 0. The van der Waals surface area contributed by atoms with Gasteiger partial charge in [-0.3, -0.25) is 9.59 Å². The van der Waals surface area contributed by atoms with Crippen LogP contribution in [-0.4, -0.2) is 35.8 Å². The Balaban J connectivity index is 1.39. The average molecular weight is 531 g/mol. The van der Waals surface area contributed by atoms with Gasteiger partial charge in [-0.1, -0.05) is 48.0 Å². The smallest absolute Gasteiger partial charge is 0.329 e. The number of carbonyl (C=O) groups excluding carboxylic acids is 3. The van der Waals surface area contributed by atoms with Gasteiger partial charge in [-0.05, 0) is 111 Å². The summed E-state index contributed by atoms with van der Waals surface area (Å²) in [6.45, 7) is 14.6. The Labute approximate surface area is 231 Å². The predicted molar refractivity (Wildman–Crippen MR) is 150 cm³/mol. The van der Waals surface area contributed by atoms with Gasteiger partial charge < -0.3 is 15.8 Å². The normalized spacial score (nSPS) is 40.8. The maximum Gasteiger partial charge on any atom is 0.329 e. The number of nitrogens with two attached hydrogens (primary N) is 1. The first-order valence-electron chi connectivity index (χ1n) is 15.6. The minimum Gasteiger partial charge on any atom is -0.461 e. The molecule has 4 aliphatic rings. The summed E-state index contributed by atoms with van der Waals surface area (Å²) in [5.41, 5.74) is 6.61. The van der Waals surface area contributed by atoms with Gasteiger partial charge in [0.15, 0.2) is 0 Å². The third kappa shape index (κ3) is 5.20. The first kappa shape index (κ1) is 29.6. The Kier molecular flexibility index (Phi) is 8.72. The van der Waals surface area contributed by atoms with E-state index in [1.165, 1.54) is 32.1 Å². The van der Waals surface area contributed by atoms with Gasteiger partial charge in [0.05, 0.1) is 6.04 Å². The molecule has 11 atom stereocenters. The molecule has 0 heterocycles. The van der Waals surface area contributed by atoms with Gasteiger partial charge in [-0.15, -0.1) is 0 Å². The Bertz CT molecular complexity index is 904. The molecule has 0 aromatic carbocycles. The van der Waals surface area contributed by atoms with Crippen molar-refractivity contribution in [2.45, 2.75) is 131 Å². The van der Waals surface area contributed by atoms with E-state index < -0.39 is 12.1 Å². The topological polar surface area (TPSA) is 98.5 Å². The molecule has 3 N–H and O–H groups in total. The average Bonchev–Trinajstić information content (AvgIpc) is 3.23. The molecule has 0 aliphatic heterocycles. The Morgan fingerprint density at radius 2 is 1.61 bits per heavy atom. The molecule has 0 spiro atoms. The summed E-state index contributed by atoms with van der Waals surface area (Å²) in [5.74, 6) is 2.74. The molecule has 6 nitrogen and oxygen atoms in total. The van der Waals surface area contributed by atoms with Gasteiger partial charge in [0.25, 0.3) is 0 Å². The van der Waals surface area contributed by atoms with Gasteiger partial charge in [0, 0.05) is 5.92 Å². The van der Waals surface area contributed by atoms with Crippen molar-refractivity contribution in [3.63, 3.8) is 0 Å². The summed E-state index contributed by atoms with van der Waals surface area (Å²) in [6, 6.07) is -1.29. The third-order valence-electron chi connectivity index (χ3n) is 12.2. The predicted octanol–water partition coefficient (Wildman–Crippen LogP) is 5.66. The summed E-state index contributed by atoms with van der Waals surface area (Å²) >= 11 is 0. The van der Waals surface area contributed by atoms with Crippen LogP contribution in [0.2, 0.25) is 0 Å². The first-order valence-corrected chi connectivity index (χ1v) is 15.6. The van der Waals surface area contributed by atoms with Crippen LogP contribution in [0.15, 0.2) is 0 Å². The molecule has 216 valence electrons. The maximum atomic E-state index is 13.3. The number of esters is 1. The van der Waals surface area contributed by atoms with Crippen molar-refractivity contribution in [3.05, 3.63) is 0 Å². The number of ether oxygens (including phenoxy) is 1. The molecule has 1 amide bonds. The largest absolute Gasteiger partial charge is 0.461 e. The van der Waals surface area contributed by atoms with E-state index in [0.717, 1.165) is 38.0 Å². The molecule has 38 heavy (non-hydrogen) atoms. The molecule has 0 unspecified atom stereocenters. The first-order chi connectivity index (χ1) is 17.8. The molecule has 4 aliphatic carbocycles. The van der Waals surface area contributed by atoms with Crippen LogP contribution in [0.4, 0.5) is 0 Å². The highest BCUT2D eigenvalue weighted by molar-refractivity contribution is 5.87. The van der Waals surface area contributed by atoms with E-state index in [4.69, 9.17) is 10.5 Å². The zero-order chi connectivity index (χ0) is 28.0. The molecule has 0 aromatic rings. The Hall–Kier alpha value is -1.43. The summed E-state index contributed by atoms with van der Waals surface area (Å²) in [5, 5.41) is 2.90. The van der Waals surface area contributed by atoms with Gasteiger partial charge >= 0.3 is 5.97 Å². The van der Waals surface area contributed by atoms with E-state index in [0.29, 0.717) is 23.5 Å². The molecule has 4 rings (SSSR count). The number of hydrogen-bond acceptors (Lipinski definition) is 5. The standard InChI is InChI=1S/C32H54N2O4/c1-8-19(4)27(33)29(36)34-28(18(2)3)30(37)38-22-13-15-31(6)21(17-22)9-10-23-25-12-11-24(20(5)35)32(25,7)16-14-26(23)31/h18-19,21-28H,8-17,33H2,1-7H3,(H,34,36)/t19-,21-,22+,23-,24+,25-,26-,27-,28-,31-,32+/m0/s1. The second-order valence-electron chi connectivity index (χ2n) is 14.4. The number of Topliss-reactive ketones (excluding diaryl/α,β-unsaturated/α-hetero) is 1. The van der Waals surface area contributed by atoms with Gasteiger partial charge in [0.1, 0.15) is 17.9 Å². The highest BCUT2D eigenvalue weighted by Crippen LogP contribution is 2.67. The zero-order valence-corrected chi connectivity index (χ0v) is 25.1. The summed E-state index contributed by atoms with van der Waals surface area (Å²) in [4.78, 5) is 38.4. The van der Waals surface area contributed by atoms with Crippen LogP contribution in [0, 0.1) is 52.3 Å². The van der Waals surface area contributed by atoms with E-state index in [-0.39, 0.29) is 46.6 Å². The van der Waals surface area contributed by atoms with Crippen LogP contribution in [0.5, 0.6) is 0 Å². The van der Waals surface area contributed by atoms with Crippen molar-refractivity contribution in [2.75, 3.05) is 0 Å². The van der Waals surface area contributed by atoms with E-state index in [1.807, 2.05) is 27.7 Å². The minimum atomic E-state index is -0.672. The van der Waals surface area contributed by atoms with Gasteiger partial charge in [0.2, 0.25) is 5.91 Å². The van der Waals surface area contributed by atoms with Crippen LogP contribution < -0.4 is 11.1 Å². The maximum absolute atomic E-state index is 13.3. The molecule has 0 radical (unpaired) electrons. The fourth-order valence-electron chi connectivity index (χ4n) is 9.49. The van der Waals surface area contributed by atoms with Crippen LogP contribution >= 0.6 is 0 Å². The lowest BCUT2D eigenvalue weighted by Gasteiger charge is -2.61. The monoisotopic (exact) mass is 530 g/mol. The van der Waals surface area contributed by atoms with E-state index in [1.54, 1.807) is 6.92 Å². The van der Waals surface area contributed by atoms with Gasteiger partial charge in [-0.2, -0.15) is 0 Å². The Morgan fingerprint density at radius 3 is 2.24 bits per heavy atom. The second-order valence-corrected chi connectivity index (χ2v) is 14.4. The van der Waals surface area contributed by atoms with Crippen LogP contribution in [0.25, 0.3) is 0 Å². The van der Waals surface area contributed by atoms with Crippen LogP contribution in [-0.2, 0) is 19.1 Å². The molecular weight excluding hydrogens is 476 g/mol. The van der Waals surface area contributed by atoms with Crippen molar-refractivity contribution >= 4 is 17.7 Å². The quantitative estimate of drug-likeness (QED) is 0.395. The number of carbonyl (C=O) groups is 3. The lowest BCUT2D eigenvalue weighted by Crippen LogP contribution is -2.55. The van der Waals surface area contributed by atoms with Crippen molar-refractivity contribution < 1.29 is 19.1 Å². The van der Waals surface area contributed by atoms with Crippen molar-refractivity contribution in [1.29, 1.82) is 0 Å². The van der Waals surface area contributed by atoms with E-state index >= 15 is 0 Å². The van der Waals surface area contributed by atoms with E-state index in [9.17, 15) is 14.4 Å². The number of rotatable bonds is 8. The molecule has 0 saturated heterocycles. The number of fused-ring (bicyclic) bond motifs is 5. The molecule has 6 heteroatoms. The number of nitrogens with one attached hydrogen (secondary N) is 1. The fraction of sp³-hybridized carbons (Fsp3) is 0.906. The molecule has 0 aromatic heterocycles. The van der Waals surface area contributed by atoms with Crippen molar-refractivity contribution in [3.8, 4) is 0 Å². The summed E-state index contributed by atoms with van der Waals surface area (Å²) < 4.78 is 6.11. The zero-order valence-electron chi connectivity index (χ0n) is 25.1. The fourth-order valence-corrected chi connectivity index (χ4v) is 9.49. The van der Waals surface area contributed by atoms with Crippen molar-refractivity contribution in [2.24, 2.45) is 58.0 Å². The molecular formula is C32H54N2O4. The molecule has 4 fully saturated rings.